The van der Waals surface area contributed by atoms with E-state index in [4.69, 9.17) is 0 Å². The molecule has 0 bridgehead atoms. The molecule has 5 rings (SSSR count). The monoisotopic (exact) mass is 475 g/mol. The lowest BCUT2D eigenvalue weighted by molar-refractivity contribution is -0.137. The first kappa shape index (κ1) is 23.3. The summed E-state index contributed by atoms with van der Waals surface area (Å²) in [7, 11) is 1.73. The summed E-state index contributed by atoms with van der Waals surface area (Å²) in [5, 5.41) is 0. The number of hydrogen-bond acceptors (Lipinski definition) is 5. The first-order valence-corrected chi connectivity index (χ1v) is 12.6. The molecular weight excluding hydrogens is 442 g/mol. The van der Waals surface area contributed by atoms with Gasteiger partial charge in [-0.3, -0.25) is 14.4 Å². The minimum atomic E-state index is -0.0812. The van der Waals surface area contributed by atoms with Crippen molar-refractivity contribution < 1.29 is 14.4 Å². The Bertz CT molecular complexity index is 1080. The third-order valence-electron chi connectivity index (χ3n) is 7.72. The van der Waals surface area contributed by atoms with Crippen molar-refractivity contribution in [3.05, 3.63) is 54.2 Å². The molecule has 0 atom stereocenters. The maximum absolute atomic E-state index is 13.2. The van der Waals surface area contributed by atoms with E-state index in [0.717, 1.165) is 57.7 Å². The van der Waals surface area contributed by atoms with Gasteiger partial charge in [-0.2, -0.15) is 0 Å². The van der Waals surface area contributed by atoms with Crippen LogP contribution in [0.4, 0.5) is 11.5 Å². The number of piperazine rings is 1. The quantitative estimate of drug-likeness (QED) is 0.680. The van der Waals surface area contributed by atoms with E-state index in [9.17, 15) is 14.4 Å². The molecule has 2 aromatic rings. The highest BCUT2D eigenvalue weighted by molar-refractivity contribution is 6.09. The van der Waals surface area contributed by atoms with Crippen LogP contribution in [-0.2, 0) is 9.59 Å². The second-order valence-corrected chi connectivity index (χ2v) is 9.87. The molecule has 0 radical (unpaired) electrons. The van der Waals surface area contributed by atoms with Crippen LogP contribution in [0.1, 0.15) is 36.0 Å². The maximum Gasteiger partial charge on any atom is 0.256 e. The lowest BCUT2D eigenvalue weighted by Gasteiger charge is -2.38. The Morgan fingerprint density at radius 1 is 0.943 bits per heavy atom. The molecule has 3 amide bonds. The minimum Gasteiger partial charge on any atom is -0.353 e. The van der Waals surface area contributed by atoms with Crippen LogP contribution in [0, 0.1) is 11.8 Å². The fourth-order valence-electron chi connectivity index (χ4n) is 5.60. The number of anilines is 2. The number of nitrogens with zero attached hydrogens (tertiary/aromatic N) is 5. The standard InChI is InChI=1S/C27H33N5O3/c1-29-23-7-3-2-6-22(23)27(35)32(19-25(29)33)18-20-9-11-21(12-10-20)26(34)31-16-14-30(15-17-31)24-8-4-5-13-28-24/h2-8,13,20-21H,9-12,14-19H2,1H3/t20-,21-. The molecule has 0 unspecified atom stereocenters. The first-order valence-electron chi connectivity index (χ1n) is 12.6. The van der Waals surface area contributed by atoms with Crippen molar-refractivity contribution >= 4 is 29.2 Å². The van der Waals surface area contributed by atoms with E-state index in [0.29, 0.717) is 23.7 Å². The number of carbonyl (C=O) groups is 3. The van der Waals surface area contributed by atoms with Crippen LogP contribution >= 0.6 is 0 Å². The van der Waals surface area contributed by atoms with Gasteiger partial charge in [0.15, 0.2) is 0 Å². The van der Waals surface area contributed by atoms with Crippen LogP contribution in [-0.4, -0.2) is 78.8 Å². The lowest BCUT2D eigenvalue weighted by atomic mass is 9.81. The number of carbonyl (C=O) groups excluding carboxylic acids is 3. The van der Waals surface area contributed by atoms with Crippen molar-refractivity contribution in [1.29, 1.82) is 0 Å². The molecule has 1 saturated heterocycles. The van der Waals surface area contributed by atoms with Crippen molar-refractivity contribution in [2.75, 3.05) is 56.1 Å². The SMILES string of the molecule is CN1C(=O)CN(C[C@H]2CC[C@H](C(=O)N3CCN(c4ccccn4)CC3)CC2)C(=O)c2ccccc21. The molecular formula is C27H33N5O3. The molecule has 1 saturated carbocycles. The van der Waals surface area contributed by atoms with Gasteiger partial charge in [-0.25, -0.2) is 4.98 Å². The Hall–Kier alpha value is -3.42. The van der Waals surface area contributed by atoms with Gasteiger partial charge >= 0.3 is 0 Å². The molecule has 8 heteroatoms. The minimum absolute atomic E-state index is 0.0565. The van der Waals surface area contributed by atoms with E-state index in [1.54, 1.807) is 29.1 Å². The van der Waals surface area contributed by atoms with Crippen LogP contribution in [0.25, 0.3) is 0 Å². The van der Waals surface area contributed by atoms with Crippen LogP contribution < -0.4 is 9.80 Å². The molecule has 1 aliphatic carbocycles. The van der Waals surface area contributed by atoms with E-state index < -0.39 is 0 Å². The lowest BCUT2D eigenvalue weighted by Crippen LogP contribution is -2.51. The highest BCUT2D eigenvalue weighted by atomic mass is 16.2. The van der Waals surface area contributed by atoms with Gasteiger partial charge in [0.05, 0.1) is 11.3 Å². The summed E-state index contributed by atoms with van der Waals surface area (Å²) < 4.78 is 0. The predicted octanol–water partition coefficient (Wildman–Crippen LogP) is 2.66. The third-order valence-corrected chi connectivity index (χ3v) is 7.72. The zero-order valence-corrected chi connectivity index (χ0v) is 20.3. The van der Waals surface area contributed by atoms with Gasteiger partial charge in [0.25, 0.3) is 5.91 Å². The highest BCUT2D eigenvalue weighted by Gasteiger charge is 2.34. The largest absolute Gasteiger partial charge is 0.353 e. The Kier molecular flexibility index (Phi) is 6.70. The fraction of sp³-hybridized carbons (Fsp3) is 0.481. The van der Waals surface area contributed by atoms with Gasteiger partial charge in [0.1, 0.15) is 12.4 Å². The number of pyridine rings is 1. The average molecular weight is 476 g/mol. The number of benzene rings is 1. The second-order valence-electron chi connectivity index (χ2n) is 9.87. The van der Waals surface area contributed by atoms with Crippen molar-refractivity contribution in [3.63, 3.8) is 0 Å². The van der Waals surface area contributed by atoms with E-state index in [2.05, 4.69) is 9.88 Å². The molecule has 0 spiro atoms. The number of amides is 3. The Morgan fingerprint density at radius 2 is 1.66 bits per heavy atom. The summed E-state index contributed by atoms with van der Waals surface area (Å²) >= 11 is 0. The molecule has 35 heavy (non-hydrogen) atoms. The number of para-hydroxylation sites is 1. The zero-order valence-electron chi connectivity index (χ0n) is 20.3. The normalized spacial score (nSPS) is 23.2. The third kappa shape index (κ3) is 4.88. The van der Waals surface area contributed by atoms with Crippen molar-refractivity contribution in [2.45, 2.75) is 25.7 Å². The molecule has 1 aromatic heterocycles. The molecule has 1 aromatic carbocycles. The van der Waals surface area contributed by atoms with Gasteiger partial charge in [0, 0.05) is 51.9 Å². The summed E-state index contributed by atoms with van der Waals surface area (Å²) in [6.45, 7) is 3.73. The predicted molar refractivity (Wildman–Crippen MR) is 134 cm³/mol. The number of fused-ring (bicyclic) bond motifs is 1. The Balaban J connectivity index is 1.14. The summed E-state index contributed by atoms with van der Waals surface area (Å²) in [5.74, 6) is 1.45. The summed E-state index contributed by atoms with van der Waals surface area (Å²) in [4.78, 5) is 51.0. The molecule has 2 fully saturated rings. The molecule has 3 heterocycles. The summed E-state index contributed by atoms with van der Waals surface area (Å²) in [5.41, 5.74) is 1.25. The van der Waals surface area contributed by atoms with E-state index in [1.165, 1.54) is 0 Å². The molecule has 8 nitrogen and oxygen atoms in total. The molecule has 3 aliphatic rings. The first-order chi connectivity index (χ1) is 17.0. The number of rotatable bonds is 4. The highest BCUT2D eigenvalue weighted by Crippen LogP contribution is 2.32. The molecule has 184 valence electrons. The maximum atomic E-state index is 13.2. The fourth-order valence-corrected chi connectivity index (χ4v) is 5.60. The summed E-state index contributed by atoms with van der Waals surface area (Å²) in [6.07, 6.45) is 5.30. The van der Waals surface area contributed by atoms with E-state index in [1.807, 2.05) is 41.3 Å². The smallest absolute Gasteiger partial charge is 0.256 e. The van der Waals surface area contributed by atoms with Crippen LogP contribution in [0.15, 0.2) is 48.7 Å². The van der Waals surface area contributed by atoms with Crippen LogP contribution in [0.2, 0.25) is 0 Å². The van der Waals surface area contributed by atoms with Crippen molar-refractivity contribution in [1.82, 2.24) is 14.8 Å². The number of likely N-dealkylation sites (N-methyl/N-ethyl adjacent to an activating group) is 1. The van der Waals surface area contributed by atoms with Crippen LogP contribution in [0.5, 0.6) is 0 Å². The van der Waals surface area contributed by atoms with E-state index in [-0.39, 0.29) is 30.2 Å². The van der Waals surface area contributed by atoms with Gasteiger partial charge in [-0.15, -0.1) is 0 Å². The second kappa shape index (κ2) is 10.1. The van der Waals surface area contributed by atoms with Crippen molar-refractivity contribution in [2.24, 2.45) is 11.8 Å². The Labute approximate surface area is 206 Å². The van der Waals surface area contributed by atoms with Crippen LogP contribution in [0.3, 0.4) is 0 Å². The Morgan fingerprint density at radius 3 is 2.37 bits per heavy atom. The van der Waals surface area contributed by atoms with Crippen molar-refractivity contribution in [3.8, 4) is 0 Å². The van der Waals surface area contributed by atoms with Gasteiger partial charge in [-0.05, 0) is 55.9 Å². The van der Waals surface area contributed by atoms with Gasteiger partial charge in [0.2, 0.25) is 11.8 Å². The average Bonchev–Trinajstić information content (AvgIpc) is 3.00. The van der Waals surface area contributed by atoms with Gasteiger partial charge in [-0.1, -0.05) is 18.2 Å². The topological polar surface area (TPSA) is 77.1 Å². The van der Waals surface area contributed by atoms with E-state index >= 15 is 0 Å². The van der Waals surface area contributed by atoms with Gasteiger partial charge < -0.3 is 19.6 Å². The molecule has 0 N–H and O–H groups in total. The molecule has 2 aliphatic heterocycles. The number of hydrogen-bond donors (Lipinski definition) is 0. The zero-order chi connectivity index (χ0) is 24.4. The number of aromatic nitrogens is 1. The summed E-state index contributed by atoms with van der Waals surface area (Å²) in [6, 6.07) is 13.2.